The maximum Gasteiger partial charge on any atom is 0.0521 e. The minimum absolute atomic E-state index is 0.927. The van der Waals surface area contributed by atoms with Gasteiger partial charge in [0.15, 0.2) is 0 Å². The first-order chi connectivity index (χ1) is 7.38. The van der Waals surface area contributed by atoms with Crippen LogP contribution in [0.3, 0.4) is 0 Å². The van der Waals surface area contributed by atoms with Crippen molar-refractivity contribution in [1.29, 1.82) is 0 Å². The van der Waals surface area contributed by atoms with Gasteiger partial charge in [-0.3, -0.25) is 4.68 Å². The van der Waals surface area contributed by atoms with E-state index in [0.717, 1.165) is 12.5 Å². The normalized spacial score (nSPS) is 18.2. The van der Waals surface area contributed by atoms with Crippen LogP contribution in [-0.4, -0.2) is 22.9 Å². The molecule has 0 bridgehead atoms. The topological polar surface area (TPSA) is 29.9 Å². The highest BCUT2D eigenvalue weighted by Gasteiger charge is 2.12. The molecule has 0 aliphatic carbocycles. The van der Waals surface area contributed by atoms with E-state index < -0.39 is 0 Å². The maximum atomic E-state index is 4.30. The SMILES string of the molecule is CCn1cc(CCC2CCNCC2)cn1. The predicted molar refractivity (Wildman–Crippen MR) is 61.8 cm³/mol. The highest BCUT2D eigenvalue weighted by Crippen LogP contribution is 2.18. The summed E-state index contributed by atoms with van der Waals surface area (Å²) in [6.07, 6.45) is 9.43. The molecule has 1 saturated heterocycles. The lowest BCUT2D eigenvalue weighted by Gasteiger charge is -2.22. The Hall–Kier alpha value is -0.830. The van der Waals surface area contributed by atoms with Crippen LogP contribution in [0.15, 0.2) is 12.4 Å². The number of aryl methyl sites for hydroxylation is 2. The van der Waals surface area contributed by atoms with Gasteiger partial charge in [-0.15, -0.1) is 0 Å². The zero-order valence-electron chi connectivity index (χ0n) is 9.58. The van der Waals surface area contributed by atoms with Crippen LogP contribution in [0.4, 0.5) is 0 Å². The minimum atomic E-state index is 0.927. The van der Waals surface area contributed by atoms with E-state index in [-0.39, 0.29) is 0 Å². The van der Waals surface area contributed by atoms with Crippen molar-refractivity contribution in [2.45, 2.75) is 39.2 Å². The fourth-order valence-electron chi connectivity index (χ4n) is 2.25. The summed E-state index contributed by atoms with van der Waals surface area (Å²) in [5.74, 6) is 0.927. The first kappa shape index (κ1) is 10.7. The smallest absolute Gasteiger partial charge is 0.0521 e. The van der Waals surface area contributed by atoms with E-state index in [2.05, 4.69) is 23.5 Å². The number of piperidine rings is 1. The van der Waals surface area contributed by atoms with Gasteiger partial charge >= 0.3 is 0 Å². The van der Waals surface area contributed by atoms with Crippen molar-refractivity contribution in [2.24, 2.45) is 5.92 Å². The molecular weight excluding hydrogens is 186 g/mol. The lowest BCUT2D eigenvalue weighted by molar-refractivity contribution is 0.354. The number of rotatable bonds is 4. The van der Waals surface area contributed by atoms with Crippen LogP contribution < -0.4 is 5.32 Å². The van der Waals surface area contributed by atoms with Crippen LogP contribution in [0.2, 0.25) is 0 Å². The first-order valence-corrected chi connectivity index (χ1v) is 6.10. The molecule has 15 heavy (non-hydrogen) atoms. The summed E-state index contributed by atoms with van der Waals surface area (Å²) in [5.41, 5.74) is 1.40. The summed E-state index contributed by atoms with van der Waals surface area (Å²) >= 11 is 0. The van der Waals surface area contributed by atoms with E-state index in [1.165, 1.54) is 44.3 Å². The fraction of sp³-hybridized carbons (Fsp3) is 0.750. The average Bonchev–Trinajstić information content (AvgIpc) is 2.76. The summed E-state index contributed by atoms with van der Waals surface area (Å²) in [4.78, 5) is 0. The van der Waals surface area contributed by atoms with Crippen LogP contribution in [0.5, 0.6) is 0 Å². The third-order valence-electron chi connectivity index (χ3n) is 3.31. The monoisotopic (exact) mass is 207 g/mol. The van der Waals surface area contributed by atoms with Gasteiger partial charge < -0.3 is 5.32 Å². The third-order valence-corrected chi connectivity index (χ3v) is 3.31. The number of nitrogens with one attached hydrogen (secondary N) is 1. The molecule has 1 aromatic heterocycles. The molecule has 1 aromatic rings. The van der Waals surface area contributed by atoms with Crippen molar-refractivity contribution in [3.05, 3.63) is 18.0 Å². The van der Waals surface area contributed by atoms with Crippen LogP contribution in [0, 0.1) is 5.92 Å². The Morgan fingerprint density at radius 1 is 1.47 bits per heavy atom. The molecule has 3 nitrogen and oxygen atoms in total. The zero-order chi connectivity index (χ0) is 10.5. The average molecular weight is 207 g/mol. The number of hydrogen-bond acceptors (Lipinski definition) is 2. The third kappa shape index (κ3) is 3.06. The van der Waals surface area contributed by atoms with Gasteiger partial charge in [-0.1, -0.05) is 0 Å². The van der Waals surface area contributed by atoms with Gasteiger partial charge in [0.05, 0.1) is 6.20 Å². The Kier molecular flexibility index (Phi) is 3.78. The molecule has 1 N–H and O–H groups in total. The summed E-state index contributed by atoms with van der Waals surface area (Å²) in [6, 6.07) is 0. The molecule has 3 heteroatoms. The molecule has 0 unspecified atom stereocenters. The Morgan fingerprint density at radius 2 is 2.27 bits per heavy atom. The van der Waals surface area contributed by atoms with E-state index in [4.69, 9.17) is 0 Å². The van der Waals surface area contributed by atoms with Gasteiger partial charge in [-0.05, 0) is 57.2 Å². The summed E-state index contributed by atoms with van der Waals surface area (Å²) in [7, 11) is 0. The highest BCUT2D eigenvalue weighted by atomic mass is 15.3. The van der Waals surface area contributed by atoms with Crippen LogP contribution in [0.25, 0.3) is 0 Å². The summed E-state index contributed by atoms with van der Waals surface area (Å²) in [5, 5.41) is 7.71. The molecule has 0 saturated carbocycles. The van der Waals surface area contributed by atoms with Gasteiger partial charge in [0, 0.05) is 12.7 Å². The predicted octanol–water partition coefficient (Wildman–Crippen LogP) is 1.84. The molecule has 1 aliphatic rings. The second-order valence-corrected chi connectivity index (χ2v) is 4.44. The quantitative estimate of drug-likeness (QED) is 0.816. The molecule has 84 valence electrons. The van der Waals surface area contributed by atoms with Crippen molar-refractivity contribution >= 4 is 0 Å². The van der Waals surface area contributed by atoms with Crippen molar-refractivity contribution in [1.82, 2.24) is 15.1 Å². The van der Waals surface area contributed by atoms with E-state index in [1.807, 2.05) is 10.9 Å². The van der Waals surface area contributed by atoms with Crippen LogP contribution in [0.1, 0.15) is 31.7 Å². The fourth-order valence-corrected chi connectivity index (χ4v) is 2.25. The number of hydrogen-bond donors (Lipinski definition) is 1. The molecule has 0 aromatic carbocycles. The van der Waals surface area contributed by atoms with E-state index >= 15 is 0 Å². The molecule has 0 radical (unpaired) electrons. The van der Waals surface area contributed by atoms with Crippen LogP contribution >= 0.6 is 0 Å². The number of aromatic nitrogens is 2. The van der Waals surface area contributed by atoms with Crippen molar-refractivity contribution < 1.29 is 0 Å². The molecule has 0 atom stereocenters. The van der Waals surface area contributed by atoms with E-state index in [9.17, 15) is 0 Å². The van der Waals surface area contributed by atoms with Gasteiger partial charge in [-0.2, -0.15) is 5.10 Å². The number of nitrogens with zero attached hydrogens (tertiary/aromatic N) is 2. The van der Waals surface area contributed by atoms with E-state index in [0.29, 0.717) is 0 Å². The second kappa shape index (κ2) is 5.31. The highest BCUT2D eigenvalue weighted by molar-refractivity contribution is 5.04. The van der Waals surface area contributed by atoms with Gasteiger partial charge in [0.25, 0.3) is 0 Å². The van der Waals surface area contributed by atoms with Crippen molar-refractivity contribution in [3.8, 4) is 0 Å². The van der Waals surface area contributed by atoms with Gasteiger partial charge in [0.1, 0.15) is 0 Å². The molecule has 1 fully saturated rings. The van der Waals surface area contributed by atoms with Crippen molar-refractivity contribution in [3.63, 3.8) is 0 Å². The molecule has 1 aliphatic heterocycles. The Labute approximate surface area is 91.9 Å². The van der Waals surface area contributed by atoms with E-state index in [1.54, 1.807) is 0 Å². The first-order valence-electron chi connectivity index (χ1n) is 6.10. The Bertz CT molecular complexity index is 287. The summed E-state index contributed by atoms with van der Waals surface area (Å²) in [6.45, 7) is 5.52. The minimum Gasteiger partial charge on any atom is -0.317 e. The molecule has 0 amide bonds. The molecule has 0 spiro atoms. The van der Waals surface area contributed by atoms with Gasteiger partial charge in [-0.25, -0.2) is 0 Å². The maximum absolute atomic E-state index is 4.30. The van der Waals surface area contributed by atoms with Crippen molar-refractivity contribution in [2.75, 3.05) is 13.1 Å². The second-order valence-electron chi connectivity index (χ2n) is 4.44. The largest absolute Gasteiger partial charge is 0.317 e. The summed E-state index contributed by atoms with van der Waals surface area (Å²) < 4.78 is 2.01. The van der Waals surface area contributed by atoms with Gasteiger partial charge in [0.2, 0.25) is 0 Å². The lowest BCUT2D eigenvalue weighted by atomic mass is 9.92. The molecule has 2 rings (SSSR count). The van der Waals surface area contributed by atoms with Crippen LogP contribution in [-0.2, 0) is 13.0 Å². The molecule has 2 heterocycles. The Morgan fingerprint density at radius 3 is 2.93 bits per heavy atom. The Balaban J connectivity index is 1.76. The standard InChI is InChI=1S/C12H21N3/c1-2-15-10-12(9-14-15)4-3-11-5-7-13-8-6-11/h9-11,13H,2-8H2,1H3. The zero-order valence-corrected chi connectivity index (χ0v) is 9.58. The molecular formula is C12H21N3. The lowest BCUT2D eigenvalue weighted by Crippen LogP contribution is -2.27.